The van der Waals surface area contributed by atoms with Crippen LogP contribution in [0.4, 0.5) is 10.2 Å². The van der Waals surface area contributed by atoms with E-state index in [0.717, 1.165) is 41.8 Å². The van der Waals surface area contributed by atoms with Gasteiger partial charge in [0.2, 0.25) is 6.54 Å². The number of carbonyl (C=O) groups excluding carboxylic acids is 1. The first kappa shape index (κ1) is 27.0. The molecule has 5 rings (SSSR count). The van der Waals surface area contributed by atoms with Crippen LogP contribution in [-0.2, 0) is 22.6 Å². The van der Waals surface area contributed by atoms with Gasteiger partial charge in [0.1, 0.15) is 18.5 Å². The fourth-order valence-electron chi connectivity index (χ4n) is 5.80. The molecule has 39 heavy (non-hydrogen) atoms. The lowest BCUT2D eigenvalue weighted by molar-refractivity contribution is -0.131. The van der Waals surface area contributed by atoms with Crippen LogP contribution in [0.25, 0.3) is 4.85 Å². The molecule has 206 valence electrons. The number of piperazine rings is 1. The standard InChI is InChI=1S/C29H35FN6O3/c1-19-8-5-6-10-23(19)26-14-25-24(18-38-26)27(33-29(32-25)39-17-21-9-7-11-34(21)4)35-12-13-36(28(37)20(2)30)22(16-35)15-31-3/h5-6,8,10,21-22,26H,2,7,9,11-18H2,1,4H3/t21-,22-,26?/m0/s1. The largest absolute Gasteiger partial charge is 0.462 e. The summed E-state index contributed by atoms with van der Waals surface area (Å²) in [5, 5.41) is 0. The molecule has 3 aliphatic heterocycles. The summed E-state index contributed by atoms with van der Waals surface area (Å²) in [6.45, 7) is 15.6. The monoisotopic (exact) mass is 534 g/mol. The molecule has 3 aliphatic rings. The average Bonchev–Trinajstić information content (AvgIpc) is 3.35. The molecule has 0 bridgehead atoms. The molecule has 0 aliphatic carbocycles. The minimum atomic E-state index is -1.01. The Morgan fingerprint density at radius 1 is 1.26 bits per heavy atom. The molecule has 4 heterocycles. The maximum atomic E-state index is 13.7. The smallest absolute Gasteiger partial charge is 0.318 e. The number of aryl methyl sites for hydroxylation is 1. The van der Waals surface area contributed by atoms with Crippen LogP contribution in [0.15, 0.2) is 36.7 Å². The van der Waals surface area contributed by atoms with Gasteiger partial charge in [-0.3, -0.25) is 4.79 Å². The van der Waals surface area contributed by atoms with E-state index in [-0.39, 0.29) is 19.2 Å². The first-order chi connectivity index (χ1) is 18.9. The Balaban J connectivity index is 1.45. The number of benzene rings is 1. The Morgan fingerprint density at radius 3 is 2.79 bits per heavy atom. The molecule has 1 aromatic heterocycles. The number of hydrogen-bond acceptors (Lipinski definition) is 7. The van der Waals surface area contributed by atoms with Gasteiger partial charge in [-0.05, 0) is 44.5 Å². The van der Waals surface area contributed by atoms with Gasteiger partial charge in [-0.25, -0.2) is 11.0 Å². The zero-order valence-corrected chi connectivity index (χ0v) is 22.6. The molecular formula is C29H35FN6O3. The topological polar surface area (TPSA) is 75.4 Å². The van der Waals surface area contributed by atoms with Crippen molar-refractivity contribution in [3.63, 3.8) is 0 Å². The van der Waals surface area contributed by atoms with Gasteiger partial charge in [0.25, 0.3) is 5.91 Å². The minimum absolute atomic E-state index is 0.0615. The highest BCUT2D eigenvalue weighted by atomic mass is 19.1. The van der Waals surface area contributed by atoms with Gasteiger partial charge in [0.05, 0.1) is 18.4 Å². The van der Waals surface area contributed by atoms with Gasteiger partial charge in [0, 0.05) is 37.7 Å². The van der Waals surface area contributed by atoms with Crippen LogP contribution in [0.5, 0.6) is 6.01 Å². The van der Waals surface area contributed by atoms with Gasteiger partial charge < -0.3 is 29.0 Å². The average molecular weight is 535 g/mol. The maximum absolute atomic E-state index is 13.7. The van der Waals surface area contributed by atoms with E-state index in [0.29, 0.717) is 50.6 Å². The number of likely N-dealkylation sites (N-methyl/N-ethyl adjacent to an activating group) is 1. The van der Waals surface area contributed by atoms with Crippen LogP contribution in [0.1, 0.15) is 41.3 Å². The fourth-order valence-corrected chi connectivity index (χ4v) is 5.80. The van der Waals surface area contributed by atoms with E-state index >= 15 is 0 Å². The van der Waals surface area contributed by atoms with E-state index in [2.05, 4.69) is 42.4 Å². The van der Waals surface area contributed by atoms with E-state index in [1.165, 1.54) is 4.90 Å². The fraction of sp³-hybridized carbons (Fsp3) is 0.517. The highest BCUT2D eigenvalue weighted by Gasteiger charge is 2.37. The molecule has 10 heteroatoms. The molecular weight excluding hydrogens is 499 g/mol. The Bertz CT molecular complexity index is 1280. The number of ether oxygens (including phenoxy) is 2. The summed E-state index contributed by atoms with van der Waals surface area (Å²) in [6.07, 6.45) is 2.68. The van der Waals surface area contributed by atoms with Crippen molar-refractivity contribution in [3.8, 4) is 6.01 Å². The lowest BCUT2D eigenvalue weighted by Crippen LogP contribution is -2.57. The number of likely N-dealkylation sites (tertiary alicyclic amines) is 1. The van der Waals surface area contributed by atoms with Crippen LogP contribution in [0.2, 0.25) is 0 Å². The first-order valence-corrected chi connectivity index (χ1v) is 13.5. The zero-order chi connectivity index (χ0) is 27.5. The van der Waals surface area contributed by atoms with Crippen molar-refractivity contribution in [2.24, 2.45) is 0 Å². The lowest BCUT2D eigenvalue weighted by atomic mass is 9.96. The van der Waals surface area contributed by atoms with E-state index in [9.17, 15) is 9.18 Å². The molecule has 0 N–H and O–H groups in total. The normalized spacial score (nSPS) is 23.3. The van der Waals surface area contributed by atoms with E-state index < -0.39 is 17.8 Å². The third kappa shape index (κ3) is 5.75. The molecule has 2 saturated heterocycles. The number of hydrogen-bond donors (Lipinski definition) is 0. The predicted octanol–water partition coefficient (Wildman–Crippen LogP) is 3.49. The molecule has 2 aromatic rings. The maximum Gasteiger partial charge on any atom is 0.318 e. The first-order valence-electron chi connectivity index (χ1n) is 13.5. The number of nitrogens with zero attached hydrogens (tertiary/aromatic N) is 6. The second-order valence-corrected chi connectivity index (χ2v) is 10.5. The Hall–Kier alpha value is -3.55. The molecule has 0 saturated carbocycles. The quantitative estimate of drug-likeness (QED) is 0.398. The number of aromatic nitrogens is 2. The van der Waals surface area contributed by atoms with Crippen molar-refractivity contribution in [1.29, 1.82) is 0 Å². The number of carbonyl (C=O) groups is 1. The van der Waals surface area contributed by atoms with Crippen LogP contribution in [0, 0.1) is 13.5 Å². The molecule has 2 fully saturated rings. The third-order valence-corrected chi connectivity index (χ3v) is 8.05. The van der Waals surface area contributed by atoms with Crippen LogP contribution in [-0.4, -0.2) is 84.1 Å². The summed E-state index contributed by atoms with van der Waals surface area (Å²) >= 11 is 0. The molecule has 9 nitrogen and oxygen atoms in total. The number of halogens is 1. The van der Waals surface area contributed by atoms with Crippen LogP contribution >= 0.6 is 0 Å². The molecule has 1 amide bonds. The van der Waals surface area contributed by atoms with Gasteiger partial charge in [-0.15, -0.1) is 0 Å². The van der Waals surface area contributed by atoms with Crippen molar-refractivity contribution >= 4 is 11.7 Å². The predicted molar refractivity (Wildman–Crippen MR) is 145 cm³/mol. The number of anilines is 1. The van der Waals surface area contributed by atoms with Gasteiger partial charge in [0.15, 0.2) is 5.83 Å². The minimum Gasteiger partial charge on any atom is -0.462 e. The Kier molecular flexibility index (Phi) is 8.10. The summed E-state index contributed by atoms with van der Waals surface area (Å²) in [5.41, 5.74) is 4.07. The second kappa shape index (κ2) is 11.7. The van der Waals surface area contributed by atoms with Gasteiger partial charge in [-0.2, -0.15) is 9.97 Å². The summed E-state index contributed by atoms with van der Waals surface area (Å²) in [6, 6.07) is 8.37. The van der Waals surface area contributed by atoms with Crippen molar-refractivity contribution < 1.29 is 18.7 Å². The Labute approximate surface area is 229 Å². The van der Waals surface area contributed by atoms with E-state index in [1.54, 1.807) is 0 Å². The highest BCUT2D eigenvalue weighted by Crippen LogP contribution is 2.36. The van der Waals surface area contributed by atoms with Gasteiger partial charge >= 0.3 is 6.01 Å². The second-order valence-electron chi connectivity index (χ2n) is 10.5. The molecule has 3 atom stereocenters. The molecule has 0 spiro atoms. The number of fused-ring (bicyclic) bond motifs is 1. The van der Waals surface area contributed by atoms with E-state index in [1.807, 2.05) is 17.0 Å². The highest BCUT2D eigenvalue weighted by molar-refractivity contribution is 5.91. The van der Waals surface area contributed by atoms with E-state index in [4.69, 9.17) is 26.0 Å². The van der Waals surface area contributed by atoms with Crippen molar-refractivity contribution in [2.45, 2.75) is 51.0 Å². The lowest BCUT2D eigenvalue weighted by Gasteiger charge is -2.40. The van der Waals surface area contributed by atoms with Crippen molar-refractivity contribution in [1.82, 2.24) is 19.8 Å². The van der Waals surface area contributed by atoms with Crippen molar-refractivity contribution in [3.05, 3.63) is 70.5 Å². The van der Waals surface area contributed by atoms with Crippen LogP contribution < -0.4 is 9.64 Å². The van der Waals surface area contributed by atoms with Crippen LogP contribution in [0.3, 0.4) is 0 Å². The Morgan fingerprint density at radius 2 is 2.08 bits per heavy atom. The summed E-state index contributed by atoms with van der Waals surface area (Å²) in [5.74, 6) is -1.08. The summed E-state index contributed by atoms with van der Waals surface area (Å²) < 4.78 is 26.2. The van der Waals surface area contributed by atoms with Crippen molar-refractivity contribution in [2.75, 3.05) is 51.3 Å². The summed E-state index contributed by atoms with van der Waals surface area (Å²) in [4.78, 5) is 31.3. The molecule has 1 unspecified atom stereocenters. The number of rotatable bonds is 7. The molecule has 0 radical (unpaired) electrons. The molecule has 1 aromatic carbocycles. The SMILES string of the molecule is [C-]#[N+]C[C@H]1CN(c2nc(OC[C@@H]3CCCN3C)nc3c2COC(c2ccccc2C)C3)CCN1C(=O)C(=C)F. The summed E-state index contributed by atoms with van der Waals surface area (Å²) in [7, 11) is 2.11. The number of amides is 1. The van der Waals surface area contributed by atoms with Gasteiger partial charge in [-0.1, -0.05) is 30.8 Å². The third-order valence-electron chi connectivity index (χ3n) is 8.05. The zero-order valence-electron chi connectivity index (χ0n) is 22.6.